The van der Waals surface area contributed by atoms with E-state index in [1.165, 1.54) is 0 Å². The summed E-state index contributed by atoms with van der Waals surface area (Å²) < 4.78 is 0. The minimum Gasteiger partial charge on any atom is -0.392 e. The maximum atomic E-state index is 8.71. The van der Waals surface area contributed by atoms with Crippen molar-refractivity contribution in [1.82, 2.24) is 4.90 Å². The quantitative estimate of drug-likeness (QED) is 0.575. The van der Waals surface area contributed by atoms with Gasteiger partial charge in [-0.2, -0.15) is 0 Å². The highest BCUT2D eigenvalue weighted by molar-refractivity contribution is 5.85. The summed E-state index contributed by atoms with van der Waals surface area (Å²) in [5.74, 6) is 0. The van der Waals surface area contributed by atoms with Crippen LogP contribution in [0.5, 0.6) is 0 Å². The fourth-order valence-corrected chi connectivity index (χ4v) is 1.09. The molecule has 0 saturated carbocycles. The molecule has 0 aromatic rings. The highest BCUT2D eigenvalue weighted by Crippen LogP contribution is 2.05. The van der Waals surface area contributed by atoms with E-state index in [2.05, 4.69) is 18.0 Å². The van der Waals surface area contributed by atoms with Crippen molar-refractivity contribution >= 4 is 12.4 Å². The lowest BCUT2D eigenvalue weighted by atomic mass is 10.1. The Morgan fingerprint density at radius 1 is 1.70 bits per heavy atom. The van der Waals surface area contributed by atoms with Crippen molar-refractivity contribution in [3.05, 3.63) is 11.6 Å². The number of hydrogen-bond acceptors (Lipinski definition) is 2. The lowest BCUT2D eigenvalue weighted by Gasteiger charge is -2.21. The van der Waals surface area contributed by atoms with Crippen LogP contribution in [0.15, 0.2) is 11.6 Å². The monoisotopic (exact) mass is 163 g/mol. The molecule has 0 atom stereocenters. The van der Waals surface area contributed by atoms with Gasteiger partial charge in [0.25, 0.3) is 0 Å². The molecule has 0 amide bonds. The van der Waals surface area contributed by atoms with Gasteiger partial charge in [-0.3, -0.25) is 0 Å². The molecule has 60 valence electrons. The summed E-state index contributed by atoms with van der Waals surface area (Å²) >= 11 is 0. The van der Waals surface area contributed by atoms with Gasteiger partial charge in [0.2, 0.25) is 0 Å². The van der Waals surface area contributed by atoms with Crippen LogP contribution in [0.3, 0.4) is 0 Å². The van der Waals surface area contributed by atoms with Crippen LogP contribution in [0, 0.1) is 0 Å². The largest absolute Gasteiger partial charge is 0.392 e. The first-order valence-electron chi connectivity index (χ1n) is 3.30. The Bertz CT molecular complexity index is 125. The van der Waals surface area contributed by atoms with Gasteiger partial charge in [0.05, 0.1) is 6.61 Å². The van der Waals surface area contributed by atoms with Crippen molar-refractivity contribution in [1.29, 1.82) is 0 Å². The van der Waals surface area contributed by atoms with Crippen molar-refractivity contribution < 1.29 is 5.11 Å². The molecule has 0 aliphatic carbocycles. The summed E-state index contributed by atoms with van der Waals surface area (Å²) in [6, 6.07) is 0. The van der Waals surface area contributed by atoms with E-state index < -0.39 is 0 Å². The minimum absolute atomic E-state index is 0. The molecule has 3 heteroatoms. The summed E-state index contributed by atoms with van der Waals surface area (Å²) in [4.78, 5) is 2.21. The van der Waals surface area contributed by atoms with Crippen LogP contribution in [0.1, 0.15) is 6.42 Å². The molecule has 0 saturated heterocycles. The Labute approximate surface area is 67.9 Å². The highest BCUT2D eigenvalue weighted by atomic mass is 35.5. The second kappa shape index (κ2) is 4.72. The Kier molecular flexibility index (Phi) is 4.69. The molecule has 0 aromatic heterocycles. The summed E-state index contributed by atoms with van der Waals surface area (Å²) in [5, 5.41) is 8.71. The predicted molar refractivity (Wildman–Crippen MR) is 44.5 cm³/mol. The third-order valence-electron chi connectivity index (χ3n) is 1.62. The number of hydrogen-bond donors (Lipinski definition) is 1. The van der Waals surface area contributed by atoms with Crippen LogP contribution in [0.4, 0.5) is 0 Å². The molecule has 1 rings (SSSR count). The summed E-state index contributed by atoms with van der Waals surface area (Å²) in [7, 11) is 2.07. The second-order valence-corrected chi connectivity index (χ2v) is 2.55. The first-order valence-corrected chi connectivity index (χ1v) is 3.30. The highest BCUT2D eigenvalue weighted by Gasteiger charge is 2.05. The van der Waals surface area contributed by atoms with Gasteiger partial charge in [-0.15, -0.1) is 12.4 Å². The molecular weight excluding hydrogens is 150 g/mol. The molecule has 0 spiro atoms. The van der Waals surface area contributed by atoms with Gasteiger partial charge in [-0.1, -0.05) is 6.08 Å². The summed E-state index contributed by atoms with van der Waals surface area (Å²) in [5.41, 5.74) is 1.16. The Morgan fingerprint density at radius 2 is 2.40 bits per heavy atom. The van der Waals surface area contributed by atoms with Gasteiger partial charge in [-0.05, 0) is 19.0 Å². The summed E-state index contributed by atoms with van der Waals surface area (Å²) in [6.07, 6.45) is 3.21. The lowest BCUT2D eigenvalue weighted by molar-refractivity contribution is 0.288. The molecule has 0 bridgehead atoms. The van der Waals surface area contributed by atoms with Crippen LogP contribution in [-0.4, -0.2) is 36.8 Å². The fraction of sp³-hybridized carbons (Fsp3) is 0.714. The first-order chi connectivity index (χ1) is 4.33. The van der Waals surface area contributed by atoms with E-state index in [9.17, 15) is 0 Å². The zero-order chi connectivity index (χ0) is 6.69. The van der Waals surface area contributed by atoms with Crippen molar-refractivity contribution in [2.75, 3.05) is 26.7 Å². The van der Waals surface area contributed by atoms with Gasteiger partial charge in [0, 0.05) is 13.1 Å². The van der Waals surface area contributed by atoms with Gasteiger partial charge in [-0.25, -0.2) is 0 Å². The van der Waals surface area contributed by atoms with Crippen molar-refractivity contribution in [2.45, 2.75) is 6.42 Å². The molecule has 0 aromatic carbocycles. The van der Waals surface area contributed by atoms with E-state index in [-0.39, 0.29) is 19.0 Å². The fourth-order valence-electron chi connectivity index (χ4n) is 1.09. The Balaban J connectivity index is 0.000000810. The third-order valence-corrected chi connectivity index (χ3v) is 1.62. The van der Waals surface area contributed by atoms with Crippen LogP contribution < -0.4 is 0 Å². The maximum Gasteiger partial charge on any atom is 0.0654 e. The molecule has 1 aliphatic heterocycles. The van der Waals surface area contributed by atoms with Gasteiger partial charge in [0.15, 0.2) is 0 Å². The minimum atomic E-state index is 0. The normalized spacial score (nSPS) is 19.6. The van der Waals surface area contributed by atoms with E-state index in [4.69, 9.17) is 5.11 Å². The average molecular weight is 164 g/mol. The number of halogens is 1. The molecular formula is C7H14ClNO. The average Bonchev–Trinajstić information content (AvgIpc) is 1.88. The van der Waals surface area contributed by atoms with E-state index in [1.54, 1.807) is 0 Å². The SMILES string of the molecule is CN1CCC=C(CO)C1.Cl. The molecule has 0 unspecified atom stereocenters. The summed E-state index contributed by atoms with van der Waals surface area (Å²) in [6.45, 7) is 2.30. The van der Waals surface area contributed by atoms with Gasteiger partial charge >= 0.3 is 0 Å². The Morgan fingerprint density at radius 3 is 2.80 bits per heavy atom. The number of likely N-dealkylation sites (N-methyl/N-ethyl adjacent to an activating group) is 1. The van der Waals surface area contributed by atoms with E-state index >= 15 is 0 Å². The predicted octanol–water partition coefficient (Wildman–Crippen LogP) is 0.662. The van der Waals surface area contributed by atoms with Crippen molar-refractivity contribution in [3.8, 4) is 0 Å². The van der Waals surface area contributed by atoms with Crippen molar-refractivity contribution in [3.63, 3.8) is 0 Å². The lowest BCUT2D eigenvalue weighted by Crippen LogP contribution is -2.26. The van der Waals surface area contributed by atoms with Crippen LogP contribution in [0.2, 0.25) is 0 Å². The molecule has 1 aliphatic rings. The van der Waals surface area contributed by atoms with Crippen molar-refractivity contribution in [2.24, 2.45) is 0 Å². The number of rotatable bonds is 1. The van der Waals surface area contributed by atoms with E-state index in [0.29, 0.717) is 0 Å². The topological polar surface area (TPSA) is 23.5 Å². The van der Waals surface area contributed by atoms with Gasteiger partial charge < -0.3 is 10.0 Å². The Hall–Kier alpha value is -0.0500. The second-order valence-electron chi connectivity index (χ2n) is 2.55. The third kappa shape index (κ3) is 2.69. The molecule has 2 nitrogen and oxygen atoms in total. The first kappa shape index (κ1) is 9.95. The maximum absolute atomic E-state index is 8.71. The van der Waals surface area contributed by atoms with Gasteiger partial charge in [0.1, 0.15) is 0 Å². The van der Waals surface area contributed by atoms with E-state index in [1.807, 2.05) is 0 Å². The number of nitrogens with zero attached hydrogens (tertiary/aromatic N) is 1. The van der Waals surface area contributed by atoms with Crippen LogP contribution in [0.25, 0.3) is 0 Å². The molecule has 1 heterocycles. The smallest absolute Gasteiger partial charge is 0.0654 e. The zero-order valence-corrected chi connectivity index (χ0v) is 7.02. The van der Waals surface area contributed by atoms with Crippen LogP contribution >= 0.6 is 12.4 Å². The molecule has 0 fully saturated rings. The molecule has 10 heavy (non-hydrogen) atoms. The number of aliphatic hydroxyl groups is 1. The van der Waals surface area contributed by atoms with E-state index in [0.717, 1.165) is 25.1 Å². The van der Waals surface area contributed by atoms with Crippen LogP contribution in [-0.2, 0) is 0 Å². The zero-order valence-electron chi connectivity index (χ0n) is 6.21. The molecule has 1 N–H and O–H groups in total. The standard InChI is InChI=1S/C7H13NO.ClH/c1-8-4-2-3-7(5-8)6-9;/h3,9H,2,4-6H2,1H3;1H. The molecule has 0 radical (unpaired) electrons. The number of aliphatic hydroxyl groups excluding tert-OH is 1.